The lowest BCUT2D eigenvalue weighted by Gasteiger charge is -2.10. The number of hydrogen-bond donors (Lipinski definition) is 2. The molecule has 1 aliphatic rings. The van der Waals surface area contributed by atoms with Crippen LogP contribution >= 0.6 is 0 Å². The maximum absolute atomic E-state index is 13.0. The summed E-state index contributed by atoms with van der Waals surface area (Å²) >= 11 is 0. The fourth-order valence-electron chi connectivity index (χ4n) is 4.07. The highest BCUT2D eigenvalue weighted by Gasteiger charge is 2.18. The summed E-state index contributed by atoms with van der Waals surface area (Å²) in [4.78, 5) is 13.0. The van der Waals surface area contributed by atoms with Crippen LogP contribution < -0.4 is 10.1 Å². The number of fused-ring (bicyclic) bond motifs is 1. The van der Waals surface area contributed by atoms with Crippen molar-refractivity contribution in [2.75, 3.05) is 12.4 Å². The van der Waals surface area contributed by atoms with Crippen molar-refractivity contribution in [3.63, 3.8) is 0 Å². The van der Waals surface area contributed by atoms with Crippen molar-refractivity contribution in [2.24, 2.45) is 0 Å². The highest BCUT2D eigenvalue weighted by Crippen LogP contribution is 2.27. The number of aromatic amines is 1. The predicted octanol–water partition coefficient (Wildman–Crippen LogP) is 4.32. The van der Waals surface area contributed by atoms with Gasteiger partial charge in [0.1, 0.15) is 11.6 Å². The van der Waals surface area contributed by atoms with Gasteiger partial charge in [0.25, 0.3) is 5.91 Å². The quantitative estimate of drug-likeness (QED) is 0.493. The number of H-pyrrole nitrogens is 1. The molecule has 3 heterocycles. The molecule has 2 aromatic heterocycles. The van der Waals surface area contributed by atoms with E-state index in [4.69, 9.17) is 4.74 Å². The second kappa shape index (κ2) is 8.66. The summed E-state index contributed by atoms with van der Waals surface area (Å²) in [5, 5.41) is 18.8. The molecule has 0 saturated carbocycles. The smallest absolute Gasteiger partial charge is 0.259 e. The first kappa shape index (κ1) is 20.0. The zero-order valence-corrected chi connectivity index (χ0v) is 17.8. The Kier molecular flexibility index (Phi) is 5.41. The van der Waals surface area contributed by atoms with E-state index >= 15 is 0 Å². The van der Waals surface area contributed by atoms with Crippen LogP contribution in [0.15, 0.2) is 54.7 Å². The molecule has 8 heteroatoms. The molecule has 5 rings (SSSR count). The molecule has 0 atom stereocenters. The van der Waals surface area contributed by atoms with E-state index in [9.17, 15) is 4.79 Å². The summed E-state index contributed by atoms with van der Waals surface area (Å²) in [7, 11) is 1.62. The van der Waals surface area contributed by atoms with Gasteiger partial charge < -0.3 is 14.6 Å². The van der Waals surface area contributed by atoms with Crippen molar-refractivity contribution in [1.29, 1.82) is 0 Å². The second-order valence-electron chi connectivity index (χ2n) is 7.82. The summed E-state index contributed by atoms with van der Waals surface area (Å²) in [5.74, 6) is 2.40. The van der Waals surface area contributed by atoms with Gasteiger partial charge in [0.2, 0.25) is 0 Å². The number of ether oxygens (including phenoxy) is 1. The minimum atomic E-state index is -0.234. The van der Waals surface area contributed by atoms with Gasteiger partial charge >= 0.3 is 0 Å². The Balaban J connectivity index is 1.39. The Hall–Kier alpha value is -3.94. The maximum Gasteiger partial charge on any atom is 0.259 e. The number of methoxy groups -OCH3 is 1. The first-order chi connectivity index (χ1) is 15.7. The monoisotopic (exact) mass is 428 g/mol. The molecule has 0 saturated heterocycles. The molecule has 2 aromatic carbocycles. The van der Waals surface area contributed by atoms with Crippen molar-refractivity contribution in [3.8, 4) is 28.4 Å². The van der Waals surface area contributed by atoms with E-state index in [0.717, 1.165) is 54.3 Å². The van der Waals surface area contributed by atoms with Crippen molar-refractivity contribution in [1.82, 2.24) is 25.0 Å². The predicted molar refractivity (Wildman–Crippen MR) is 122 cm³/mol. The zero-order valence-electron chi connectivity index (χ0n) is 17.8. The second-order valence-corrected chi connectivity index (χ2v) is 7.82. The summed E-state index contributed by atoms with van der Waals surface area (Å²) in [6, 6.07) is 15.2. The Labute approximate surface area is 185 Å². The topological polar surface area (TPSA) is 97.7 Å². The molecule has 0 radical (unpaired) electrons. The van der Waals surface area contributed by atoms with Gasteiger partial charge in [0.05, 0.1) is 24.6 Å². The van der Waals surface area contributed by atoms with E-state index in [1.54, 1.807) is 7.11 Å². The maximum atomic E-state index is 13.0. The third kappa shape index (κ3) is 3.87. The highest BCUT2D eigenvalue weighted by atomic mass is 16.5. The number of rotatable bonds is 5. The molecule has 0 aliphatic carbocycles. The summed E-state index contributed by atoms with van der Waals surface area (Å²) in [6.07, 6.45) is 5.98. The van der Waals surface area contributed by atoms with Gasteiger partial charge in [-0.2, -0.15) is 5.10 Å². The van der Waals surface area contributed by atoms with E-state index in [0.29, 0.717) is 16.9 Å². The summed E-state index contributed by atoms with van der Waals surface area (Å²) in [6.45, 7) is 0.925. The molecule has 1 amide bonds. The number of carbonyl (C=O) groups excluding carboxylic acids is 1. The number of nitrogens with one attached hydrogen (secondary N) is 2. The fourth-order valence-corrected chi connectivity index (χ4v) is 4.07. The van der Waals surface area contributed by atoms with Crippen molar-refractivity contribution < 1.29 is 9.53 Å². The number of anilines is 1. The first-order valence-electron chi connectivity index (χ1n) is 10.7. The van der Waals surface area contributed by atoms with Crippen LogP contribution in [0, 0.1) is 0 Å². The molecule has 32 heavy (non-hydrogen) atoms. The fraction of sp³-hybridized carbons (Fsp3) is 0.250. The van der Waals surface area contributed by atoms with Crippen LogP contribution in [0.3, 0.4) is 0 Å². The Bertz CT molecular complexity index is 1240. The Morgan fingerprint density at radius 3 is 2.78 bits per heavy atom. The largest absolute Gasteiger partial charge is 0.497 e. The number of carbonyl (C=O) groups is 1. The number of amides is 1. The molecule has 8 nitrogen and oxygen atoms in total. The molecule has 0 bridgehead atoms. The van der Waals surface area contributed by atoms with Gasteiger partial charge in [-0.15, -0.1) is 10.2 Å². The van der Waals surface area contributed by atoms with E-state index in [1.807, 2.05) is 48.5 Å². The molecule has 2 N–H and O–H groups in total. The lowest BCUT2D eigenvalue weighted by atomic mass is 10.1. The minimum Gasteiger partial charge on any atom is -0.497 e. The van der Waals surface area contributed by atoms with E-state index in [-0.39, 0.29) is 5.91 Å². The number of hydrogen-bond acceptors (Lipinski definition) is 5. The lowest BCUT2D eigenvalue weighted by Crippen LogP contribution is -2.12. The molecule has 0 fully saturated rings. The van der Waals surface area contributed by atoms with Gasteiger partial charge in [-0.25, -0.2) is 0 Å². The van der Waals surface area contributed by atoms with Gasteiger partial charge in [-0.05, 0) is 49.2 Å². The van der Waals surface area contributed by atoms with Crippen molar-refractivity contribution in [2.45, 2.75) is 32.2 Å². The highest BCUT2D eigenvalue weighted by molar-refractivity contribution is 6.08. The normalized spacial score (nSPS) is 13.3. The summed E-state index contributed by atoms with van der Waals surface area (Å²) < 4.78 is 7.41. The molecular formula is C24H24N6O2. The van der Waals surface area contributed by atoms with Gasteiger partial charge in [0, 0.05) is 29.8 Å². The average Bonchev–Trinajstić information content (AvgIpc) is 3.41. The van der Waals surface area contributed by atoms with Crippen LogP contribution in [0.5, 0.6) is 5.75 Å². The van der Waals surface area contributed by atoms with Crippen LogP contribution in [0.25, 0.3) is 22.6 Å². The Morgan fingerprint density at radius 2 is 1.94 bits per heavy atom. The van der Waals surface area contributed by atoms with E-state index in [1.165, 1.54) is 12.6 Å². The Morgan fingerprint density at radius 1 is 1.06 bits per heavy atom. The molecular weight excluding hydrogens is 404 g/mol. The molecule has 4 aromatic rings. The third-order valence-electron chi connectivity index (χ3n) is 5.75. The summed E-state index contributed by atoms with van der Waals surface area (Å²) in [5.41, 5.74) is 3.61. The molecule has 1 aliphatic heterocycles. The molecule has 162 valence electrons. The number of aryl methyl sites for hydroxylation is 1. The van der Waals surface area contributed by atoms with Crippen LogP contribution in [-0.4, -0.2) is 38.0 Å². The van der Waals surface area contributed by atoms with Gasteiger partial charge in [-0.3, -0.25) is 9.89 Å². The molecule has 0 unspecified atom stereocenters. The SMILES string of the molecule is COc1ccc(-c2[nH]ncc2C(=O)Nc2cccc(-c3nnc4n3CCCCC4)c2)cc1. The lowest BCUT2D eigenvalue weighted by molar-refractivity contribution is 0.102. The number of nitrogens with zero attached hydrogens (tertiary/aromatic N) is 4. The zero-order chi connectivity index (χ0) is 21.9. The van der Waals surface area contributed by atoms with E-state index in [2.05, 4.69) is 30.3 Å². The average molecular weight is 428 g/mol. The van der Waals surface area contributed by atoms with Crippen molar-refractivity contribution in [3.05, 3.63) is 66.1 Å². The van der Waals surface area contributed by atoms with Crippen LogP contribution in [0.1, 0.15) is 35.4 Å². The standard InChI is InChI=1S/C24H24N6O2/c1-32-19-11-9-16(10-12-19)22-20(15-25-28-22)24(31)26-18-7-5-6-17(14-18)23-29-27-21-8-3-2-4-13-30(21)23/h5-7,9-12,14-15H,2-4,8,13H2,1H3,(H,25,28)(H,26,31). The van der Waals surface area contributed by atoms with Crippen LogP contribution in [0.4, 0.5) is 5.69 Å². The third-order valence-corrected chi connectivity index (χ3v) is 5.75. The molecule has 0 spiro atoms. The van der Waals surface area contributed by atoms with Gasteiger partial charge in [0.15, 0.2) is 5.82 Å². The van der Waals surface area contributed by atoms with Gasteiger partial charge in [-0.1, -0.05) is 18.6 Å². The minimum absolute atomic E-state index is 0.234. The van der Waals surface area contributed by atoms with E-state index < -0.39 is 0 Å². The van der Waals surface area contributed by atoms with Crippen LogP contribution in [0.2, 0.25) is 0 Å². The van der Waals surface area contributed by atoms with Crippen molar-refractivity contribution >= 4 is 11.6 Å². The van der Waals surface area contributed by atoms with Crippen LogP contribution in [-0.2, 0) is 13.0 Å². The number of aromatic nitrogens is 5. The number of benzene rings is 2. The first-order valence-corrected chi connectivity index (χ1v) is 10.7.